The van der Waals surface area contributed by atoms with Crippen LogP contribution >= 0.6 is 0 Å². The fraction of sp³-hybridized carbons (Fsp3) is 0.667. The minimum atomic E-state index is -1.05. The third kappa shape index (κ3) is 1.09. The van der Waals surface area contributed by atoms with E-state index >= 15 is 0 Å². The summed E-state index contributed by atoms with van der Waals surface area (Å²) in [7, 11) is 0. The molecule has 0 radical (unpaired) electrons. The fourth-order valence-corrected chi connectivity index (χ4v) is 0.809. The molecule has 4 nitrogen and oxygen atoms in total. The summed E-state index contributed by atoms with van der Waals surface area (Å²) in [4.78, 5) is 10.3. The SMILES string of the molecule is N#CC(C(=O)O)C1COC1. The molecular weight excluding hydrogens is 134 g/mol. The molecule has 0 spiro atoms. The molecule has 1 heterocycles. The summed E-state index contributed by atoms with van der Waals surface area (Å²) in [6, 6.07) is 1.72. The molecule has 1 atom stereocenters. The fourth-order valence-electron chi connectivity index (χ4n) is 0.809. The van der Waals surface area contributed by atoms with Crippen LogP contribution in [0, 0.1) is 23.2 Å². The van der Waals surface area contributed by atoms with Crippen LogP contribution in [-0.4, -0.2) is 24.3 Å². The van der Waals surface area contributed by atoms with Gasteiger partial charge in [0.2, 0.25) is 0 Å². The van der Waals surface area contributed by atoms with Crippen molar-refractivity contribution in [1.29, 1.82) is 5.26 Å². The first-order chi connectivity index (χ1) is 4.75. The maximum absolute atomic E-state index is 10.3. The third-order valence-corrected chi connectivity index (χ3v) is 1.54. The Labute approximate surface area is 58.0 Å². The van der Waals surface area contributed by atoms with Crippen LogP contribution < -0.4 is 0 Å². The molecule has 10 heavy (non-hydrogen) atoms. The molecule has 0 aromatic heterocycles. The van der Waals surface area contributed by atoms with Crippen LogP contribution in [0.3, 0.4) is 0 Å². The summed E-state index contributed by atoms with van der Waals surface area (Å²) < 4.78 is 4.75. The van der Waals surface area contributed by atoms with Crippen molar-refractivity contribution >= 4 is 5.97 Å². The van der Waals surface area contributed by atoms with Gasteiger partial charge >= 0.3 is 5.97 Å². The number of hydrogen-bond acceptors (Lipinski definition) is 3. The predicted molar refractivity (Wildman–Crippen MR) is 31.0 cm³/mol. The largest absolute Gasteiger partial charge is 0.480 e. The lowest BCUT2D eigenvalue weighted by atomic mass is 9.92. The molecule has 0 aliphatic carbocycles. The smallest absolute Gasteiger partial charge is 0.321 e. The first-order valence-electron chi connectivity index (χ1n) is 2.96. The van der Waals surface area contributed by atoms with Gasteiger partial charge in [-0.25, -0.2) is 0 Å². The molecule has 1 N–H and O–H groups in total. The monoisotopic (exact) mass is 141 g/mol. The molecule has 1 aliphatic heterocycles. The van der Waals surface area contributed by atoms with Crippen LogP contribution in [-0.2, 0) is 9.53 Å². The van der Waals surface area contributed by atoms with Crippen molar-refractivity contribution in [2.24, 2.45) is 11.8 Å². The van der Waals surface area contributed by atoms with Crippen LogP contribution in [0.1, 0.15) is 0 Å². The molecule has 1 saturated heterocycles. The molecule has 1 unspecified atom stereocenters. The van der Waals surface area contributed by atoms with Gasteiger partial charge in [-0.05, 0) is 0 Å². The molecule has 0 bridgehead atoms. The number of rotatable bonds is 2. The van der Waals surface area contributed by atoms with E-state index in [1.54, 1.807) is 6.07 Å². The van der Waals surface area contributed by atoms with Crippen LogP contribution in [0.5, 0.6) is 0 Å². The number of aliphatic carboxylic acids is 1. The first-order valence-corrected chi connectivity index (χ1v) is 2.96. The molecule has 0 amide bonds. The van der Waals surface area contributed by atoms with E-state index in [1.165, 1.54) is 0 Å². The second-order valence-corrected chi connectivity index (χ2v) is 2.24. The van der Waals surface area contributed by atoms with Gasteiger partial charge in [-0.2, -0.15) is 5.26 Å². The highest BCUT2D eigenvalue weighted by Gasteiger charge is 2.33. The van der Waals surface area contributed by atoms with Crippen LogP contribution in [0.4, 0.5) is 0 Å². The summed E-state index contributed by atoms with van der Waals surface area (Å²) in [5.41, 5.74) is 0. The Morgan fingerprint density at radius 1 is 1.80 bits per heavy atom. The maximum atomic E-state index is 10.3. The standard InChI is InChI=1S/C6H7NO3/c7-1-5(6(8)9)4-2-10-3-4/h4-5H,2-3H2,(H,8,9). The lowest BCUT2D eigenvalue weighted by molar-refractivity contribution is -0.147. The van der Waals surface area contributed by atoms with Gasteiger partial charge in [0.15, 0.2) is 5.92 Å². The van der Waals surface area contributed by atoms with Gasteiger partial charge in [0.25, 0.3) is 0 Å². The van der Waals surface area contributed by atoms with Gasteiger partial charge in [-0.15, -0.1) is 0 Å². The molecule has 1 fully saturated rings. The Morgan fingerprint density at radius 2 is 2.40 bits per heavy atom. The lowest BCUT2D eigenvalue weighted by Gasteiger charge is -2.27. The normalized spacial score (nSPS) is 20.7. The number of carbonyl (C=O) groups is 1. The average Bonchev–Trinajstić information content (AvgIpc) is 1.76. The highest BCUT2D eigenvalue weighted by Crippen LogP contribution is 2.19. The molecule has 1 aliphatic rings. The maximum Gasteiger partial charge on any atom is 0.321 e. The quantitative estimate of drug-likeness (QED) is 0.580. The average molecular weight is 141 g/mol. The molecule has 4 heteroatoms. The molecule has 0 saturated carbocycles. The Kier molecular flexibility index (Phi) is 1.88. The zero-order valence-electron chi connectivity index (χ0n) is 5.28. The van der Waals surface area contributed by atoms with Crippen molar-refractivity contribution in [1.82, 2.24) is 0 Å². The van der Waals surface area contributed by atoms with Crippen LogP contribution in [0.25, 0.3) is 0 Å². The van der Waals surface area contributed by atoms with Gasteiger partial charge in [-0.3, -0.25) is 4.79 Å². The van der Waals surface area contributed by atoms with Crippen LogP contribution in [0.2, 0.25) is 0 Å². The van der Waals surface area contributed by atoms with Crippen molar-refractivity contribution in [2.75, 3.05) is 13.2 Å². The zero-order chi connectivity index (χ0) is 7.56. The van der Waals surface area contributed by atoms with E-state index in [1.807, 2.05) is 0 Å². The van der Waals surface area contributed by atoms with E-state index in [4.69, 9.17) is 15.1 Å². The van der Waals surface area contributed by atoms with E-state index in [0.29, 0.717) is 13.2 Å². The van der Waals surface area contributed by atoms with Crippen molar-refractivity contribution < 1.29 is 14.6 Å². The highest BCUT2D eigenvalue weighted by molar-refractivity contribution is 5.73. The number of ether oxygens (including phenoxy) is 1. The third-order valence-electron chi connectivity index (χ3n) is 1.54. The minimum Gasteiger partial charge on any atom is -0.480 e. The van der Waals surface area contributed by atoms with Gasteiger partial charge in [0.05, 0.1) is 19.3 Å². The molecular formula is C6H7NO3. The zero-order valence-corrected chi connectivity index (χ0v) is 5.28. The highest BCUT2D eigenvalue weighted by atomic mass is 16.5. The summed E-state index contributed by atoms with van der Waals surface area (Å²) in [5.74, 6) is -2.02. The predicted octanol–water partition coefficient (Wildman–Crippen LogP) is -0.143. The Morgan fingerprint density at radius 3 is 2.50 bits per heavy atom. The topological polar surface area (TPSA) is 70.3 Å². The number of carboxylic acids is 1. The van der Waals surface area contributed by atoms with Gasteiger partial charge in [-0.1, -0.05) is 0 Å². The van der Waals surface area contributed by atoms with E-state index in [0.717, 1.165) is 0 Å². The first kappa shape index (κ1) is 7.03. The summed E-state index contributed by atoms with van der Waals surface area (Å²) in [6.45, 7) is 0.815. The second-order valence-electron chi connectivity index (χ2n) is 2.24. The number of nitrogens with zero attached hydrogens (tertiary/aromatic N) is 1. The van der Waals surface area contributed by atoms with E-state index in [-0.39, 0.29) is 5.92 Å². The van der Waals surface area contributed by atoms with Gasteiger partial charge in [0.1, 0.15) is 0 Å². The minimum absolute atomic E-state index is 0.0949. The van der Waals surface area contributed by atoms with Crippen molar-refractivity contribution in [3.8, 4) is 6.07 Å². The van der Waals surface area contributed by atoms with Crippen molar-refractivity contribution in [3.63, 3.8) is 0 Å². The summed E-state index contributed by atoms with van der Waals surface area (Å²) in [6.07, 6.45) is 0. The molecule has 0 aromatic rings. The number of carboxylic acid groups (broad SMARTS) is 1. The Bertz CT molecular complexity index is 180. The lowest BCUT2D eigenvalue weighted by Crippen LogP contribution is -2.37. The van der Waals surface area contributed by atoms with E-state index < -0.39 is 11.9 Å². The molecule has 0 aromatic carbocycles. The second kappa shape index (κ2) is 2.67. The number of nitriles is 1. The summed E-state index contributed by atoms with van der Waals surface area (Å²) >= 11 is 0. The Balaban J connectivity index is 2.49. The Hall–Kier alpha value is -1.08. The molecule has 1 rings (SSSR count). The van der Waals surface area contributed by atoms with E-state index in [9.17, 15) is 4.79 Å². The summed E-state index contributed by atoms with van der Waals surface area (Å²) in [5, 5.41) is 16.8. The van der Waals surface area contributed by atoms with Gasteiger partial charge < -0.3 is 9.84 Å². The van der Waals surface area contributed by atoms with Crippen LogP contribution in [0.15, 0.2) is 0 Å². The number of hydrogen-bond donors (Lipinski definition) is 1. The van der Waals surface area contributed by atoms with Crippen molar-refractivity contribution in [2.45, 2.75) is 0 Å². The van der Waals surface area contributed by atoms with E-state index in [2.05, 4.69) is 0 Å². The van der Waals surface area contributed by atoms with Crippen molar-refractivity contribution in [3.05, 3.63) is 0 Å². The molecule has 54 valence electrons. The van der Waals surface area contributed by atoms with Gasteiger partial charge in [0, 0.05) is 5.92 Å².